The van der Waals surface area contributed by atoms with E-state index in [4.69, 9.17) is 4.42 Å². The fourth-order valence-corrected chi connectivity index (χ4v) is 4.37. The molecule has 3 heterocycles. The summed E-state index contributed by atoms with van der Waals surface area (Å²) in [6.07, 6.45) is 5.21. The number of aromatic amines is 1. The number of amides is 1. The number of fused-ring (bicyclic) bond motifs is 1. The van der Waals surface area contributed by atoms with Gasteiger partial charge in [-0.15, -0.1) is 10.2 Å². The van der Waals surface area contributed by atoms with Crippen molar-refractivity contribution in [3.05, 3.63) is 30.5 Å². The van der Waals surface area contributed by atoms with Gasteiger partial charge in [-0.05, 0) is 39.2 Å². The Balaban J connectivity index is 1.45. The number of carbonyl (C=O) groups is 1. The average molecular weight is 370 g/mol. The zero-order chi connectivity index (χ0) is 18.1. The van der Waals surface area contributed by atoms with E-state index in [1.807, 2.05) is 35.4 Å². The number of rotatable bonds is 4. The van der Waals surface area contributed by atoms with Gasteiger partial charge in [-0.2, -0.15) is 0 Å². The second-order valence-corrected chi connectivity index (χ2v) is 7.77. The van der Waals surface area contributed by atoms with Crippen LogP contribution in [0.3, 0.4) is 0 Å². The molecule has 7 heteroatoms. The number of thioether (sulfide) groups is 1. The molecule has 1 saturated heterocycles. The molecule has 0 unspecified atom stereocenters. The van der Waals surface area contributed by atoms with Crippen molar-refractivity contribution in [1.82, 2.24) is 20.1 Å². The fraction of sp³-hybridized carbons (Fsp3) is 0.421. The van der Waals surface area contributed by atoms with Gasteiger partial charge in [-0.1, -0.05) is 30.0 Å². The molecule has 4 rings (SSSR count). The van der Waals surface area contributed by atoms with Crippen molar-refractivity contribution >= 4 is 28.6 Å². The van der Waals surface area contributed by atoms with Crippen LogP contribution in [-0.4, -0.2) is 43.8 Å². The molecule has 1 aliphatic rings. The SMILES string of the molecule is C[C@@H]1CCC[C@@H](C)N1C(=O)CSc1nnc(-c2c[nH]c3ccccc23)o1. The molecule has 1 N–H and O–H groups in total. The number of carbonyl (C=O) groups excluding carboxylic acids is 1. The molecule has 1 fully saturated rings. The van der Waals surface area contributed by atoms with E-state index in [9.17, 15) is 4.79 Å². The average Bonchev–Trinajstić information content (AvgIpc) is 3.26. The highest BCUT2D eigenvalue weighted by Crippen LogP contribution is 2.30. The topological polar surface area (TPSA) is 75.0 Å². The number of H-pyrrole nitrogens is 1. The first-order valence-electron chi connectivity index (χ1n) is 8.97. The monoisotopic (exact) mass is 370 g/mol. The minimum Gasteiger partial charge on any atom is -0.411 e. The van der Waals surface area contributed by atoms with Crippen molar-refractivity contribution < 1.29 is 9.21 Å². The molecule has 1 amide bonds. The maximum Gasteiger partial charge on any atom is 0.277 e. The summed E-state index contributed by atoms with van der Waals surface area (Å²) in [6.45, 7) is 4.25. The number of likely N-dealkylation sites (tertiary alicyclic amines) is 1. The number of hydrogen-bond acceptors (Lipinski definition) is 5. The van der Waals surface area contributed by atoms with Crippen LogP contribution in [0.2, 0.25) is 0 Å². The lowest BCUT2D eigenvalue weighted by molar-refractivity contribution is -0.134. The van der Waals surface area contributed by atoms with E-state index in [2.05, 4.69) is 29.0 Å². The Labute approximate surface area is 156 Å². The zero-order valence-electron chi connectivity index (χ0n) is 14.9. The summed E-state index contributed by atoms with van der Waals surface area (Å²) in [5.41, 5.74) is 1.91. The van der Waals surface area contributed by atoms with Gasteiger partial charge >= 0.3 is 0 Å². The second-order valence-electron chi connectivity index (χ2n) is 6.84. The van der Waals surface area contributed by atoms with Gasteiger partial charge in [0, 0.05) is 29.2 Å². The molecular formula is C19H22N4O2S. The summed E-state index contributed by atoms with van der Waals surface area (Å²) >= 11 is 1.31. The number of para-hydroxylation sites is 1. The van der Waals surface area contributed by atoms with Gasteiger partial charge in [0.25, 0.3) is 11.1 Å². The van der Waals surface area contributed by atoms with Crippen molar-refractivity contribution in [2.24, 2.45) is 0 Å². The van der Waals surface area contributed by atoms with E-state index in [1.54, 1.807) is 0 Å². The maximum absolute atomic E-state index is 12.6. The number of nitrogens with one attached hydrogen (secondary N) is 1. The summed E-state index contributed by atoms with van der Waals surface area (Å²) in [5.74, 6) is 0.933. The van der Waals surface area contributed by atoms with Crippen LogP contribution >= 0.6 is 11.8 Å². The lowest BCUT2D eigenvalue weighted by atomic mass is 9.98. The summed E-state index contributed by atoms with van der Waals surface area (Å²) in [5, 5.41) is 9.71. The van der Waals surface area contributed by atoms with Crippen molar-refractivity contribution in [1.29, 1.82) is 0 Å². The lowest BCUT2D eigenvalue weighted by Gasteiger charge is -2.39. The lowest BCUT2D eigenvalue weighted by Crippen LogP contribution is -2.48. The molecule has 136 valence electrons. The molecule has 26 heavy (non-hydrogen) atoms. The Bertz CT molecular complexity index is 909. The van der Waals surface area contributed by atoms with Crippen molar-refractivity contribution in [3.63, 3.8) is 0 Å². The largest absolute Gasteiger partial charge is 0.411 e. The van der Waals surface area contributed by atoms with E-state index in [-0.39, 0.29) is 5.91 Å². The van der Waals surface area contributed by atoms with Gasteiger partial charge in [0.05, 0.1) is 11.3 Å². The third-order valence-corrected chi connectivity index (χ3v) is 5.83. The molecule has 0 aliphatic carbocycles. The summed E-state index contributed by atoms with van der Waals surface area (Å²) in [6, 6.07) is 8.58. The van der Waals surface area contributed by atoms with Crippen LogP contribution in [0.1, 0.15) is 33.1 Å². The van der Waals surface area contributed by atoms with Crippen LogP contribution in [0.15, 0.2) is 40.1 Å². The Morgan fingerprint density at radius 2 is 2.04 bits per heavy atom. The Kier molecular flexibility index (Phi) is 4.72. The van der Waals surface area contributed by atoms with Crippen molar-refractivity contribution in [3.8, 4) is 11.5 Å². The smallest absolute Gasteiger partial charge is 0.277 e. The summed E-state index contributed by atoms with van der Waals surface area (Å²) in [7, 11) is 0. The second kappa shape index (κ2) is 7.15. The van der Waals surface area contributed by atoms with Crippen LogP contribution in [0, 0.1) is 0 Å². The molecule has 3 aromatic rings. The highest BCUT2D eigenvalue weighted by Gasteiger charge is 2.29. The molecule has 6 nitrogen and oxygen atoms in total. The Morgan fingerprint density at radius 3 is 2.85 bits per heavy atom. The predicted octanol–water partition coefficient (Wildman–Crippen LogP) is 4.10. The first-order valence-corrected chi connectivity index (χ1v) is 9.96. The molecule has 0 spiro atoms. The van der Waals surface area contributed by atoms with Crippen LogP contribution in [-0.2, 0) is 4.79 Å². The molecule has 0 bridgehead atoms. The van der Waals surface area contributed by atoms with Crippen LogP contribution in [0.5, 0.6) is 0 Å². The number of benzene rings is 1. The van der Waals surface area contributed by atoms with E-state index in [0.717, 1.165) is 29.3 Å². The first kappa shape index (κ1) is 17.1. The minimum absolute atomic E-state index is 0.140. The van der Waals surface area contributed by atoms with Crippen LogP contribution in [0.4, 0.5) is 0 Å². The van der Waals surface area contributed by atoms with Gasteiger partial charge in [0.2, 0.25) is 5.91 Å². The maximum atomic E-state index is 12.6. The third-order valence-electron chi connectivity index (χ3n) is 5.03. The van der Waals surface area contributed by atoms with Crippen LogP contribution < -0.4 is 0 Å². The van der Waals surface area contributed by atoms with Gasteiger partial charge in [-0.3, -0.25) is 4.79 Å². The molecule has 2 aromatic heterocycles. The van der Waals surface area contributed by atoms with E-state index >= 15 is 0 Å². The Morgan fingerprint density at radius 1 is 1.27 bits per heavy atom. The first-order chi connectivity index (χ1) is 12.6. The van der Waals surface area contributed by atoms with Gasteiger partial charge in [0.15, 0.2) is 0 Å². The summed E-state index contributed by atoms with van der Waals surface area (Å²) in [4.78, 5) is 17.8. The molecule has 2 atom stereocenters. The highest BCUT2D eigenvalue weighted by molar-refractivity contribution is 7.99. The van der Waals surface area contributed by atoms with E-state index < -0.39 is 0 Å². The third kappa shape index (κ3) is 3.23. The standard InChI is InChI=1S/C19H22N4O2S/c1-12-6-5-7-13(2)23(12)17(24)11-26-19-22-21-18(25-19)15-10-20-16-9-4-3-8-14(15)16/h3-4,8-10,12-13,20H,5-7,11H2,1-2H3/t12-,13-/m1/s1. The Hall–Kier alpha value is -2.28. The zero-order valence-corrected chi connectivity index (χ0v) is 15.8. The quantitative estimate of drug-likeness (QED) is 0.700. The molecule has 1 aliphatic heterocycles. The van der Waals surface area contributed by atoms with Gasteiger partial charge < -0.3 is 14.3 Å². The minimum atomic E-state index is 0.140. The predicted molar refractivity (Wildman–Crippen MR) is 102 cm³/mol. The van der Waals surface area contributed by atoms with Crippen molar-refractivity contribution in [2.75, 3.05) is 5.75 Å². The number of piperidine rings is 1. The highest BCUT2D eigenvalue weighted by atomic mass is 32.2. The van der Waals surface area contributed by atoms with Crippen molar-refractivity contribution in [2.45, 2.75) is 50.4 Å². The van der Waals surface area contributed by atoms with Gasteiger partial charge in [0.1, 0.15) is 0 Å². The van der Waals surface area contributed by atoms with Crippen LogP contribution in [0.25, 0.3) is 22.4 Å². The molecule has 1 aromatic carbocycles. The molecule has 0 radical (unpaired) electrons. The summed E-state index contributed by atoms with van der Waals surface area (Å²) < 4.78 is 5.78. The van der Waals surface area contributed by atoms with E-state index in [0.29, 0.717) is 29.0 Å². The molecule has 0 saturated carbocycles. The fourth-order valence-electron chi connectivity index (χ4n) is 3.74. The molecular weight excluding hydrogens is 348 g/mol. The number of nitrogens with zero attached hydrogens (tertiary/aromatic N) is 3. The van der Waals surface area contributed by atoms with E-state index in [1.165, 1.54) is 18.2 Å². The number of aromatic nitrogens is 3. The van der Waals surface area contributed by atoms with Gasteiger partial charge in [-0.25, -0.2) is 0 Å². The normalized spacial score (nSPS) is 20.6. The number of hydrogen-bond donors (Lipinski definition) is 1.